The number of ketones is 1. The zero-order valence-corrected chi connectivity index (χ0v) is 26.8. The third-order valence-corrected chi connectivity index (χ3v) is 12.0. The van der Waals surface area contributed by atoms with Crippen LogP contribution in [-0.2, 0) is 38.1 Å². The minimum atomic E-state index is -2.17. The van der Waals surface area contributed by atoms with Crippen LogP contribution in [0, 0.1) is 35.0 Å². The van der Waals surface area contributed by atoms with Crippen molar-refractivity contribution in [2.24, 2.45) is 35.0 Å². The number of hydrogen-bond acceptors (Lipinski definition) is 10. The van der Waals surface area contributed by atoms with Crippen molar-refractivity contribution in [2.45, 2.75) is 122 Å². The zero-order valence-electron chi connectivity index (χ0n) is 26.8. The average molecular weight is 603 g/mol. The Morgan fingerprint density at radius 3 is 2.44 bits per heavy atom. The summed E-state index contributed by atoms with van der Waals surface area (Å²) in [5.74, 6) is -6.32. The van der Waals surface area contributed by atoms with E-state index < -0.39 is 99.2 Å². The van der Waals surface area contributed by atoms with E-state index in [-0.39, 0.29) is 6.61 Å². The highest BCUT2D eigenvalue weighted by atomic mass is 16.8. The molecule has 3 saturated carbocycles. The molecule has 4 aliphatic carbocycles. The van der Waals surface area contributed by atoms with Crippen molar-refractivity contribution in [3.63, 3.8) is 0 Å². The second kappa shape index (κ2) is 9.00. The van der Waals surface area contributed by atoms with E-state index in [1.807, 2.05) is 20.8 Å². The molecule has 0 unspecified atom stereocenters. The number of carbonyl (C=O) groups is 3. The van der Waals surface area contributed by atoms with Crippen LogP contribution in [0.5, 0.6) is 0 Å². The lowest BCUT2D eigenvalue weighted by molar-refractivity contribution is -0.329. The number of Topliss-reactive ketones (excluding diaryl/α,β-unsaturated/α-hetero) is 1. The summed E-state index contributed by atoms with van der Waals surface area (Å²) in [5.41, 5.74) is -6.57. The molecule has 43 heavy (non-hydrogen) atoms. The number of fused-ring (bicyclic) bond motifs is 7. The fourth-order valence-electron chi connectivity index (χ4n) is 9.18. The predicted molar refractivity (Wildman–Crippen MR) is 152 cm³/mol. The number of ether oxygens (including phenoxy) is 5. The first kappa shape index (κ1) is 30.9. The van der Waals surface area contributed by atoms with Crippen LogP contribution in [0.15, 0.2) is 23.3 Å². The molecule has 0 aromatic carbocycles. The molecule has 5 fully saturated rings. The van der Waals surface area contributed by atoms with Gasteiger partial charge in [0.2, 0.25) is 0 Å². The summed E-state index contributed by atoms with van der Waals surface area (Å²) in [6.45, 7) is 17.8. The summed E-state index contributed by atoms with van der Waals surface area (Å²) >= 11 is 0. The number of carbonyl (C=O) groups excluding carboxylic acids is 3. The third kappa shape index (κ3) is 3.56. The van der Waals surface area contributed by atoms with Crippen molar-refractivity contribution < 1.29 is 48.3 Å². The lowest BCUT2D eigenvalue weighted by atomic mass is 9.58. The lowest BCUT2D eigenvalue weighted by Crippen LogP contribution is -2.70. The van der Waals surface area contributed by atoms with Crippen molar-refractivity contribution in [2.75, 3.05) is 6.61 Å². The van der Waals surface area contributed by atoms with Crippen LogP contribution in [0.1, 0.15) is 75.7 Å². The van der Waals surface area contributed by atoms with Crippen LogP contribution in [0.4, 0.5) is 0 Å². The van der Waals surface area contributed by atoms with Gasteiger partial charge in [-0.25, -0.2) is 4.79 Å². The summed E-state index contributed by atoms with van der Waals surface area (Å²) in [7, 11) is 0. The number of esters is 2. The molecule has 2 N–H and O–H groups in total. The third-order valence-electron chi connectivity index (χ3n) is 12.0. The largest absolute Gasteiger partial charge is 0.454 e. The lowest BCUT2D eigenvalue weighted by Gasteiger charge is -2.54. The average Bonchev–Trinajstić information content (AvgIpc) is 3.76. The van der Waals surface area contributed by atoms with Gasteiger partial charge in [0.1, 0.15) is 17.8 Å². The smallest absolute Gasteiger partial charge is 0.333 e. The van der Waals surface area contributed by atoms with Crippen LogP contribution in [-0.4, -0.2) is 81.0 Å². The quantitative estimate of drug-likeness (QED) is 0.274. The molecule has 10 nitrogen and oxygen atoms in total. The summed E-state index contributed by atoms with van der Waals surface area (Å²) in [6, 6.07) is 0. The number of aliphatic hydroxyl groups is 2. The van der Waals surface area contributed by atoms with Gasteiger partial charge < -0.3 is 33.9 Å². The van der Waals surface area contributed by atoms with Crippen LogP contribution >= 0.6 is 0 Å². The van der Waals surface area contributed by atoms with Gasteiger partial charge in [-0.15, -0.1) is 0 Å². The fraction of sp³-hybridized carbons (Fsp3) is 0.788. The van der Waals surface area contributed by atoms with E-state index in [1.165, 1.54) is 0 Å². The minimum absolute atomic E-state index is 0.0450. The molecule has 6 rings (SSSR count). The van der Waals surface area contributed by atoms with Gasteiger partial charge in [-0.05, 0) is 46.6 Å². The molecule has 1 spiro atoms. The molecule has 238 valence electrons. The number of rotatable bonds is 5. The van der Waals surface area contributed by atoms with Crippen molar-refractivity contribution >= 4 is 17.7 Å². The fourth-order valence-corrected chi connectivity index (χ4v) is 9.18. The van der Waals surface area contributed by atoms with E-state index in [0.717, 1.165) is 0 Å². The number of hydrogen-bond donors (Lipinski definition) is 2. The maximum atomic E-state index is 13.9. The molecule has 6 aliphatic rings. The Labute approximate surface area is 253 Å². The predicted octanol–water partition coefficient (Wildman–Crippen LogP) is 3.02. The van der Waals surface area contributed by atoms with Gasteiger partial charge >= 0.3 is 11.9 Å². The molecule has 0 aromatic heterocycles. The molecule has 0 aromatic rings. The Morgan fingerprint density at radius 2 is 1.84 bits per heavy atom. The van der Waals surface area contributed by atoms with Crippen LogP contribution in [0.3, 0.4) is 0 Å². The topological polar surface area (TPSA) is 141 Å². The monoisotopic (exact) mass is 602 g/mol. The van der Waals surface area contributed by atoms with Gasteiger partial charge in [-0.2, -0.15) is 0 Å². The van der Waals surface area contributed by atoms with E-state index in [2.05, 4.69) is 0 Å². The Hall–Kier alpha value is -2.11. The van der Waals surface area contributed by atoms with Gasteiger partial charge in [0.15, 0.2) is 22.8 Å². The van der Waals surface area contributed by atoms with Gasteiger partial charge in [-0.1, -0.05) is 46.8 Å². The molecule has 10 heteroatoms. The molecular formula is C33H46O10. The molecule has 2 saturated heterocycles. The van der Waals surface area contributed by atoms with Crippen molar-refractivity contribution in [1.82, 2.24) is 0 Å². The SMILES string of the molecule is C/C=C(\C)C(=O)O[C@@H]1[C@@H](C)[C@@]2(O)[C@H]([C@@H]3C(C)(C)[C@]13OC(=O)[C@@H](C)CC)[C@@H]1O[C@@]13COC(C)(C)O[C@H]3[C@]1(O)C(=O)C(C)=C[C@H]12. The van der Waals surface area contributed by atoms with Gasteiger partial charge in [0.05, 0.1) is 24.2 Å². The van der Waals surface area contributed by atoms with Gasteiger partial charge in [-0.3, -0.25) is 9.59 Å². The van der Waals surface area contributed by atoms with Gasteiger partial charge in [0, 0.05) is 34.7 Å². The van der Waals surface area contributed by atoms with E-state index in [4.69, 9.17) is 23.7 Å². The zero-order chi connectivity index (χ0) is 31.9. The van der Waals surface area contributed by atoms with Crippen LogP contribution in [0.25, 0.3) is 0 Å². The molecule has 0 bridgehead atoms. The van der Waals surface area contributed by atoms with Crippen molar-refractivity contribution in [3.8, 4) is 0 Å². The Bertz CT molecular complexity index is 1350. The summed E-state index contributed by atoms with van der Waals surface area (Å²) < 4.78 is 31.5. The van der Waals surface area contributed by atoms with Gasteiger partial charge in [0.25, 0.3) is 0 Å². The maximum absolute atomic E-state index is 13.9. The first-order valence-electron chi connectivity index (χ1n) is 15.6. The van der Waals surface area contributed by atoms with Crippen molar-refractivity contribution in [3.05, 3.63) is 23.3 Å². The van der Waals surface area contributed by atoms with Crippen molar-refractivity contribution in [1.29, 1.82) is 0 Å². The van der Waals surface area contributed by atoms with E-state index in [1.54, 1.807) is 60.6 Å². The Kier molecular flexibility index (Phi) is 6.46. The first-order valence-corrected chi connectivity index (χ1v) is 15.6. The second-order valence-electron chi connectivity index (χ2n) is 14.9. The standard InChI is InChI=1S/C33H46O10/c1-11-15(3)25(35)40-23-18(6)31(37)19-13-17(5)22(34)32(19,38)27-30(14-39-29(9,10)43-27)24(41-30)20(31)21-28(7,8)33(21,23)42-26(36)16(4)12-2/h11,13,16,18-21,23-24,27,37-38H,12,14H2,1-10H3/b15-11+/t16-,18+,19-,20+,21+,23+,24-,27+,30-,31-,32+,33+/m0/s1. The Morgan fingerprint density at radius 1 is 1.19 bits per heavy atom. The summed E-state index contributed by atoms with van der Waals surface area (Å²) in [4.78, 5) is 40.8. The highest BCUT2D eigenvalue weighted by Crippen LogP contribution is 2.80. The molecule has 0 radical (unpaired) electrons. The molecule has 0 amide bonds. The first-order chi connectivity index (χ1) is 19.8. The van der Waals surface area contributed by atoms with E-state index in [0.29, 0.717) is 17.6 Å². The molecule has 2 aliphatic heterocycles. The van der Waals surface area contributed by atoms with E-state index >= 15 is 0 Å². The van der Waals surface area contributed by atoms with Crippen LogP contribution < -0.4 is 0 Å². The highest BCUT2D eigenvalue weighted by molar-refractivity contribution is 6.05. The van der Waals surface area contributed by atoms with Crippen LogP contribution in [0.2, 0.25) is 0 Å². The molecule has 2 heterocycles. The molecule has 12 atom stereocenters. The summed E-state index contributed by atoms with van der Waals surface area (Å²) in [5, 5.41) is 25.8. The van der Waals surface area contributed by atoms with E-state index in [9.17, 15) is 24.6 Å². The Balaban J connectivity index is 1.57. The second-order valence-corrected chi connectivity index (χ2v) is 14.9. The summed E-state index contributed by atoms with van der Waals surface area (Å²) in [6.07, 6.45) is 0.943. The minimum Gasteiger partial charge on any atom is -0.454 e. The molecular weight excluding hydrogens is 556 g/mol. The number of epoxide rings is 1. The normalized spacial score (nSPS) is 49.1. The maximum Gasteiger partial charge on any atom is 0.333 e. The highest BCUT2D eigenvalue weighted by Gasteiger charge is 2.94. The number of allylic oxidation sites excluding steroid dienone is 1.